The van der Waals surface area contributed by atoms with Crippen LogP contribution < -0.4 is 5.32 Å². The van der Waals surface area contributed by atoms with Gasteiger partial charge in [0, 0.05) is 45.0 Å². The average Bonchev–Trinajstić information content (AvgIpc) is 3.36. The van der Waals surface area contributed by atoms with Gasteiger partial charge in [-0.3, -0.25) is 14.6 Å². The largest absolute Gasteiger partial charge is 0.352 e. The van der Waals surface area contributed by atoms with Crippen LogP contribution in [0.15, 0.2) is 36.5 Å². The molecule has 1 N–H and O–H groups in total. The Morgan fingerprint density at radius 2 is 2.04 bits per heavy atom. The Labute approximate surface area is 158 Å². The summed E-state index contributed by atoms with van der Waals surface area (Å²) < 4.78 is 15.1. The van der Waals surface area contributed by atoms with Gasteiger partial charge in [-0.2, -0.15) is 5.10 Å². The van der Waals surface area contributed by atoms with E-state index in [2.05, 4.69) is 20.2 Å². The third-order valence-electron chi connectivity index (χ3n) is 5.36. The minimum absolute atomic E-state index is 0.0695. The highest BCUT2D eigenvalue weighted by atomic mass is 19.1. The highest BCUT2D eigenvalue weighted by Gasteiger charge is 2.30. The molecule has 0 spiro atoms. The summed E-state index contributed by atoms with van der Waals surface area (Å²) in [5.74, 6) is -0.111. The standard InChI is InChI=1S/C20H26FN5O/c1-15(20(27)22-17-5-6-17)25-11-9-24(10-12-25)14-18-7-8-26(23-18)19-4-2-3-16(21)13-19/h2-4,7-8,13,15,17H,5-6,9-12,14H2,1H3,(H,22,27)/t15-/m0/s1. The van der Waals surface area contributed by atoms with Crippen LogP contribution in [-0.4, -0.2) is 63.8 Å². The number of nitrogens with zero attached hydrogens (tertiary/aromatic N) is 4. The molecule has 2 aliphatic rings. The number of carbonyl (C=O) groups is 1. The lowest BCUT2D eigenvalue weighted by molar-refractivity contribution is -0.126. The number of aromatic nitrogens is 2. The van der Waals surface area contributed by atoms with Gasteiger partial charge in [-0.15, -0.1) is 0 Å². The lowest BCUT2D eigenvalue weighted by Crippen LogP contribution is -2.53. The van der Waals surface area contributed by atoms with E-state index in [1.165, 1.54) is 12.1 Å². The smallest absolute Gasteiger partial charge is 0.237 e. The summed E-state index contributed by atoms with van der Waals surface area (Å²) in [5, 5.41) is 7.66. The van der Waals surface area contributed by atoms with Crippen LogP contribution in [0, 0.1) is 5.82 Å². The first-order valence-corrected chi connectivity index (χ1v) is 9.66. The summed E-state index contributed by atoms with van der Waals surface area (Å²) in [4.78, 5) is 16.8. The fourth-order valence-corrected chi connectivity index (χ4v) is 3.46. The summed E-state index contributed by atoms with van der Waals surface area (Å²) >= 11 is 0. The molecule has 0 radical (unpaired) electrons. The molecule has 0 bridgehead atoms. The molecule has 7 heteroatoms. The number of carbonyl (C=O) groups excluding carboxylic acids is 1. The molecular weight excluding hydrogens is 345 g/mol. The van der Waals surface area contributed by atoms with Crippen molar-refractivity contribution in [2.45, 2.75) is 38.4 Å². The normalized spacial score (nSPS) is 19.8. The van der Waals surface area contributed by atoms with Gasteiger partial charge in [0.05, 0.1) is 17.4 Å². The Balaban J connectivity index is 1.28. The lowest BCUT2D eigenvalue weighted by atomic mass is 10.2. The topological polar surface area (TPSA) is 53.4 Å². The van der Waals surface area contributed by atoms with Gasteiger partial charge in [-0.05, 0) is 44.0 Å². The van der Waals surface area contributed by atoms with Gasteiger partial charge in [0.25, 0.3) is 0 Å². The second-order valence-electron chi connectivity index (χ2n) is 7.50. The second-order valence-corrected chi connectivity index (χ2v) is 7.50. The highest BCUT2D eigenvalue weighted by Crippen LogP contribution is 2.19. The van der Waals surface area contributed by atoms with Crippen LogP contribution in [-0.2, 0) is 11.3 Å². The molecule has 1 saturated carbocycles. The van der Waals surface area contributed by atoms with Gasteiger partial charge in [-0.25, -0.2) is 9.07 Å². The van der Waals surface area contributed by atoms with E-state index in [0.29, 0.717) is 6.04 Å². The van der Waals surface area contributed by atoms with Gasteiger partial charge in [0.2, 0.25) is 5.91 Å². The van der Waals surface area contributed by atoms with Gasteiger partial charge < -0.3 is 5.32 Å². The summed E-state index contributed by atoms with van der Waals surface area (Å²) in [5.41, 5.74) is 1.69. The quantitative estimate of drug-likeness (QED) is 0.841. The van der Waals surface area contributed by atoms with Crippen molar-refractivity contribution in [3.8, 4) is 5.69 Å². The molecule has 27 heavy (non-hydrogen) atoms. The predicted molar refractivity (Wildman–Crippen MR) is 101 cm³/mol. The van der Waals surface area contributed by atoms with Crippen LogP contribution in [0.4, 0.5) is 4.39 Å². The molecule has 144 valence electrons. The number of amides is 1. The van der Waals surface area contributed by atoms with Crippen LogP contribution in [0.3, 0.4) is 0 Å². The zero-order chi connectivity index (χ0) is 18.8. The van der Waals surface area contributed by atoms with Crippen molar-refractivity contribution in [3.63, 3.8) is 0 Å². The van der Waals surface area contributed by atoms with E-state index in [9.17, 15) is 9.18 Å². The Morgan fingerprint density at radius 3 is 2.74 bits per heavy atom. The maximum Gasteiger partial charge on any atom is 0.237 e. The molecular formula is C20H26FN5O. The number of rotatable bonds is 6. The van der Waals surface area contributed by atoms with Crippen molar-refractivity contribution < 1.29 is 9.18 Å². The molecule has 1 saturated heterocycles. The molecule has 1 aromatic heterocycles. The third kappa shape index (κ3) is 4.54. The SMILES string of the molecule is C[C@@H](C(=O)NC1CC1)N1CCN(Cc2ccn(-c3cccc(F)c3)n2)CC1. The van der Waals surface area contributed by atoms with Crippen molar-refractivity contribution in [1.82, 2.24) is 24.9 Å². The van der Waals surface area contributed by atoms with E-state index in [4.69, 9.17) is 0 Å². The van der Waals surface area contributed by atoms with E-state index in [1.54, 1.807) is 10.7 Å². The van der Waals surface area contributed by atoms with Crippen molar-refractivity contribution >= 4 is 5.91 Å². The van der Waals surface area contributed by atoms with E-state index in [0.717, 1.165) is 56.9 Å². The van der Waals surface area contributed by atoms with E-state index in [1.807, 2.05) is 25.3 Å². The van der Waals surface area contributed by atoms with E-state index in [-0.39, 0.29) is 17.8 Å². The molecule has 4 rings (SSSR count). The molecule has 6 nitrogen and oxygen atoms in total. The summed E-state index contributed by atoms with van der Waals surface area (Å²) in [6.07, 6.45) is 4.10. The Kier molecular flexibility index (Phi) is 5.22. The molecule has 1 aliphatic heterocycles. The zero-order valence-electron chi connectivity index (χ0n) is 15.6. The van der Waals surface area contributed by atoms with Gasteiger partial charge in [0.1, 0.15) is 5.82 Å². The van der Waals surface area contributed by atoms with E-state index >= 15 is 0 Å². The first-order valence-electron chi connectivity index (χ1n) is 9.66. The van der Waals surface area contributed by atoms with Crippen LogP contribution in [0.25, 0.3) is 5.69 Å². The number of halogens is 1. The van der Waals surface area contributed by atoms with Crippen molar-refractivity contribution in [1.29, 1.82) is 0 Å². The monoisotopic (exact) mass is 371 g/mol. The maximum atomic E-state index is 13.4. The predicted octanol–water partition coefficient (Wildman–Crippen LogP) is 1.80. The maximum absolute atomic E-state index is 13.4. The van der Waals surface area contributed by atoms with Gasteiger partial charge in [0.15, 0.2) is 0 Å². The Morgan fingerprint density at radius 1 is 1.26 bits per heavy atom. The number of benzene rings is 1. The minimum atomic E-state index is -0.263. The summed E-state index contributed by atoms with van der Waals surface area (Å²) in [6, 6.07) is 8.75. The number of piperazine rings is 1. The first-order chi connectivity index (χ1) is 13.1. The molecule has 2 heterocycles. The van der Waals surface area contributed by atoms with Crippen LogP contribution in [0.5, 0.6) is 0 Å². The van der Waals surface area contributed by atoms with Gasteiger partial charge >= 0.3 is 0 Å². The average molecular weight is 371 g/mol. The van der Waals surface area contributed by atoms with Crippen LogP contribution in [0.1, 0.15) is 25.5 Å². The van der Waals surface area contributed by atoms with Crippen LogP contribution in [0.2, 0.25) is 0 Å². The molecule has 1 atom stereocenters. The molecule has 1 aromatic carbocycles. The number of hydrogen-bond acceptors (Lipinski definition) is 4. The number of hydrogen-bond donors (Lipinski definition) is 1. The minimum Gasteiger partial charge on any atom is -0.352 e. The lowest BCUT2D eigenvalue weighted by Gasteiger charge is -2.37. The fraction of sp³-hybridized carbons (Fsp3) is 0.500. The fourth-order valence-electron chi connectivity index (χ4n) is 3.46. The van der Waals surface area contributed by atoms with Crippen LogP contribution >= 0.6 is 0 Å². The second kappa shape index (κ2) is 7.78. The Bertz CT molecular complexity index is 795. The van der Waals surface area contributed by atoms with E-state index < -0.39 is 0 Å². The molecule has 2 aromatic rings. The summed E-state index contributed by atoms with van der Waals surface area (Å²) in [6.45, 7) is 6.34. The molecule has 0 unspecified atom stereocenters. The first kappa shape index (κ1) is 18.1. The summed E-state index contributed by atoms with van der Waals surface area (Å²) in [7, 11) is 0. The van der Waals surface area contributed by atoms with Crippen molar-refractivity contribution in [3.05, 3.63) is 48.0 Å². The van der Waals surface area contributed by atoms with Crippen molar-refractivity contribution in [2.24, 2.45) is 0 Å². The third-order valence-corrected chi connectivity index (χ3v) is 5.36. The van der Waals surface area contributed by atoms with Gasteiger partial charge in [-0.1, -0.05) is 6.07 Å². The molecule has 2 fully saturated rings. The zero-order valence-corrected chi connectivity index (χ0v) is 15.6. The number of nitrogens with one attached hydrogen (secondary N) is 1. The molecule has 1 aliphatic carbocycles. The Hall–Kier alpha value is -2.25. The molecule has 1 amide bonds. The van der Waals surface area contributed by atoms with Crippen molar-refractivity contribution in [2.75, 3.05) is 26.2 Å². The highest BCUT2D eigenvalue weighted by molar-refractivity contribution is 5.81.